The predicted molar refractivity (Wildman–Crippen MR) is 99.2 cm³/mol. The third-order valence-corrected chi connectivity index (χ3v) is 5.24. The normalized spacial score (nSPS) is 32.2. The molecule has 2 aliphatic rings. The van der Waals surface area contributed by atoms with Crippen LogP contribution < -0.4 is 27.0 Å². The number of ether oxygens (including phenoxy) is 2. The Morgan fingerprint density at radius 1 is 1.03 bits per heavy atom. The molecule has 0 bridgehead atoms. The van der Waals surface area contributed by atoms with Crippen molar-refractivity contribution in [2.24, 2.45) is 17.4 Å². The van der Waals surface area contributed by atoms with Gasteiger partial charge in [0, 0.05) is 31.7 Å². The van der Waals surface area contributed by atoms with E-state index in [4.69, 9.17) is 20.9 Å². The van der Waals surface area contributed by atoms with Crippen molar-refractivity contribution < 1.29 is 70.5 Å². The van der Waals surface area contributed by atoms with Crippen LogP contribution in [0.5, 0.6) is 0 Å². The first-order chi connectivity index (χ1) is 14.5. The molecule has 14 heteroatoms. The Bertz CT molecular complexity index is 588. The van der Waals surface area contributed by atoms with Crippen molar-refractivity contribution in [2.75, 3.05) is 13.7 Å². The zero-order chi connectivity index (χ0) is 23.7. The summed E-state index contributed by atoms with van der Waals surface area (Å²) >= 11 is 0. The Hall–Kier alpha value is -1.18. The molecule has 8 N–H and O–H groups in total. The Balaban J connectivity index is 0.000000896. The smallest absolute Gasteiger partial charge is 0.549 e. The van der Waals surface area contributed by atoms with Gasteiger partial charge in [0.05, 0.1) is 11.9 Å². The summed E-state index contributed by atoms with van der Waals surface area (Å²) in [5, 5.41) is 52.1. The van der Waals surface area contributed by atoms with Gasteiger partial charge in [0.25, 0.3) is 5.91 Å². The van der Waals surface area contributed by atoms with Gasteiger partial charge in [0.2, 0.25) is 0 Å². The van der Waals surface area contributed by atoms with Gasteiger partial charge in [0.15, 0.2) is 12.4 Å². The molecule has 0 aromatic rings. The maximum absolute atomic E-state index is 11.9. The number of aliphatic hydroxyl groups is 3. The molecule has 188 valence electrons. The van der Waals surface area contributed by atoms with Crippen molar-refractivity contribution in [3.8, 4) is 0 Å². The van der Waals surface area contributed by atoms with Crippen LogP contribution in [0.4, 0.5) is 0 Å². The summed E-state index contributed by atoms with van der Waals surface area (Å²) in [4.78, 5) is 33.0. The van der Waals surface area contributed by atoms with Crippen LogP contribution in [0.25, 0.3) is 0 Å². The third-order valence-electron chi connectivity index (χ3n) is 5.24. The molecule has 0 radical (unpaired) electrons. The van der Waals surface area contributed by atoms with E-state index in [-0.39, 0.29) is 39.7 Å². The van der Waals surface area contributed by atoms with Crippen LogP contribution in [-0.2, 0) is 44.9 Å². The Morgan fingerprint density at radius 3 is 1.94 bits per heavy atom. The maximum atomic E-state index is 11.9. The molecule has 1 aliphatic carbocycles. The zero-order valence-electron chi connectivity index (χ0n) is 17.5. The summed E-state index contributed by atoms with van der Waals surface area (Å²) in [6, 6.07) is 0.562. The number of rotatable bonds is 7. The van der Waals surface area contributed by atoms with Crippen molar-refractivity contribution in [3.63, 3.8) is 0 Å². The first-order valence-corrected chi connectivity index (χ1v) is 9.94. The monoisotopic (exact) mass is 644 g/mol. The average Bonchev–Trinajstić information content (AvgIpc) is 2.71. The number of hydrogen-bond acceptors (Lipinski definition) is 12. The van der Waals surface area contributed by atoms with Crippen molar-refractivity contribution in [2.45, 2.75) is 74.9 Å². The minimum absolute atomic E-state index is 0. The minimum atomic E-state index is -1.91. The van der Waals surface area contributed by atoms with Crippen molar-refractivity contribution in [1.29, 1.82) is 0 Å². The summed E-state index contributed by atoms with van der Waals surface area (Å²) in [7, 11) is 1.15. The standard InChI is InChI=1S/C12H19NO10.C6H14N2.Pt/c1-22-12-7(16)5(14)6(15)8(23-12)9(17)13-3-2-4(10(18)19)11(20)21;7-5-3-1-2-4-6(5)8;/h4-8,12,14-16H,2-3H2,1H3,(H,13,17)(H,18,19)(H,20,21);5-6H,1-4,7-8H2;/q;;+2/p-2/t5-,6-,7+,8-,12+;5-,6-;/m01./s1. The molecule has 0 unspecified atom stereocenters. The molecule has 0 spiro atoms. The molecule has 1 amide bonds. The summed E-state index contributed by atoms with van der Waals surface area (Å²) in [5.41, 5.74) is 11.3. The fourth-order valence-corrected chi connectivity index (χ4v) is 3.22. The number of carbonyl (C=O) groups is 3. The van der Waals surface area contributed by atoms with Crippen LogP contribution in [-0.4, -0.2) is 89.6 Å². The number of amides is 1. The summed E-state index contributed by atoms with van der Waals surface area (Å²) in [6.07, 6.45) is -3.69. The molecule has 1 saturated heterocycles. The molecule has 32 heavy (non-hydrogen) atoms. The van der Waals surface area contributed by atoms with E-state index >= 15 is 0 Å². The van der Waals surface area contributed by atoms with Gasteiger partial charge in [-0.25, -0.2) is 0 Å². The zero-order valence-corrected chi connectivity index (χ0v) is 19.8. The topological polar surface area (TPSA) is 241 Å². The van der Waals surface area contributed by atoms with E-state index in [2.05, 4.69) is 5.32 Å². The van der Waals surface area contributed by atoms with Gasteiger partial charge in [-0.3, -0.25) is 4.79 Å². The van der Waals surface area contributed by atoms with Gasteiger partial charge in [-0.1, -0.05) is 12.8 Å². The van der Waals surface area contributed by atoms with E-state index in [0.29, 0.717) is 0 Å². The number of nitrogens with one attached hydrogen (secondary N) is 1. The largest absolute Gasteiger partial charge is 2.00 e. The van der Waals surface area contributed by atoms with Crippen LogP contribution in [0.1, 0.15) is 32.1 Å². The molecule has 13 nitrogen and oxygen atoms in total. The van der Waals surface area contributed by atoms with Gasteiger partial charge >= 0.3 is 21.1 Å². The van der Waals surface area contributed by atoms with Crippen molar-refractivity contribution in [3.05, 3.63) is 0 Å². The van der Waals surface area contributed by atoms with Crippen LogP contribution in [0, 0.1) is 5.92 Å². The molecule has 0 aromatic heterocycles. The van der Waals surface area contributed by atoms with Gasteiger partial charge in [-0.05, 0) is 19.3 Å². The second kappa shape index (κ2) is 14.9. The molecule has 7 atom stereocenters. The number of carbonyl (C=O) groups excluding carboxylic acids is 3. The molecule has 2 fully saturated rings. The fourth-order valence-electron chi connectivity index (χ4n) is 3.22. The van der Waals surface area contributed by atoms with Crippen LogP contribution in [0.2, 0.25) is 0 Å². The van der Waals surface area contributed by atoms with E-state index in [1.807, 2.05) is 0 Å². The first-order valence-electron chi connectivity index (χ1n) is 9.94. The number of carboxylic acids is 2. The quantitative estimate of drug-likeness (QED) is 0.142. The molecule has 1 aliphatic heterocycles. The number of carboxylic acid groups (broad SMARTS) is 2. The molecular formula is C18H31N3O10Pt. The fraction of sp³-hybridized carbons (Fsp3) is 0.833. The number of nitrogens with two attached hydrogens (primary N) is 2. The van der Waals surface area contributed by atoms with E-state index in [0.717, 1.165) is 20.0 Å². The number of methoxy groups -OCH3 is 1. The van der Waals surface area contributed by atoms with Gasteiger partial charge in [0.1, 0.15) is 18.3 Å². The van der Waals surface area contributed by atoms with Gasteiger partial charge in [-0.2, -0.15) is 0 Å². The second-order valence-corrected chi connectivity index (χ2v) is 7.52. The molecule has 0 aromatic carbocycles. The Labute approximate surface area is 199 Å². The Kier molecular flexibility index (Phi) is 14.3. The van der Waals surface area contributed by atoms with E-state index in [9.17, 15) is 39.9 Å². The van der Waals surface area contributed by atoms with Crippen LogP contribution in [0.3, 0.4) is 0 Å². The minimum Gasteiger partial charge on any atom is -0.549 e. The number of aliphatic carboxylic acids is 2. The van der Waals surface area contributed by atoms with E-state index < -0.39 is 60.9 Å². The SMILES string of the molecule is CO[C@@H]1O[C@H](C(=O)NCCC(C(=O)[O-])C(=O)[O-])[C@@H](O)[C@H](O)[C@H]1O.N[C@@H]1CCCC[C@H]1N.[Pt+2]. The van der Waals surface area contributed by atoms with Crippen LogP contribution >= 0.6 is 0 Å². The van der Waals surface area contributed by atoms with Crippen LogP contribution in [0.15, 0.2) is 0 Å². The van der Waals surface area contributed by atoms with Gasteiger partial charge < -0.3 is 61.4 Å². The summed E-state index contributed by atoms with van der Waals surface area (Å²) in [5.74, 6) is -6.56. The maximum Gasteiger partial charge on any atom is 2.00 e. The van der Waals surface area contributed by atoms with Gasteiger partial charge in [-0.15, -0.1) is 0 Å². The first kappa shape index (κ1) is 30.8. The Morgan fingerprint density at radius 2 is 1.53 bits per heavy atom. The van der Waals surface area contributed by atoms with E-state index in [1.54, 1.807) is 0 Å². The summed E-state index contributed by atoms with van der Waals surface area (Å²) < 4.78 is 9.71. The molecular weight excluding hydrogens is 613 g/mol. The second-order valence-electron chi connectivity index (χ2n) is 7.52. The van der Waals surface area contributed by atoms with Crippen molar-refractivity contribution >= 4 is 17.8 Å². The molecule has 1 saturated carbocycles. The number of aliphatic hydroxyl groups excluding tert-OH is 3. The summed E-state index contributed by atoms with van der Waals surface area (Å²) in [6.45, 7) is -0.381. The average molecular weight is 645 g/mol. The van der Waals surface area contributed by atoms with Crippen molar-refractivity contribution in [1.82, 2.24) is 5.32 Å². The number of hydrogen-bond donors (Lipinski definition) is 6. The molecule has 1 heterocycles. The predicted octanol–water partition coefficient (Wildman–Crippen LogP) is -5.72. The third kappa shape index (κ3) is 8.99. The molecule has 2 rings (SSSR count). The van der Waals surface area contributed by atoms with E-state index in [1.165, 1.54) is 12.8 Å².